The Morgan fingerprint density at radius 1 is 1.17 bits per heavy atom. The highest BCUT2D eigenvalue weighted by Gasteiger charge is 2.43. The van der Waals surface area contributed by atoms with E-state index in [0.717, 1.165) is 12.8 Å². The molecule has 18 heavy (non-hydrogen) atoms. The Balaban J connectivity index is 1.89. The van der Waals surface area contributed by atoms with Gasteiger partial charge in [0.1, 0.15) is 0 Å². The van der Waals surface area contributed by atoms with E-state index in [2.05, 4.69) is 0 Å². The van der Waals surface area contributed by atoms with E-state index in [1.54, 1.807) is 4.90 Å². The van der Waals surface area contributed by atoms with Crippen LogP contribution in [0.3, 0.4) is 0 Å². The highest BCUT2D eigenvalue weighted by atomic mass is 16.2. The van der Waals surface area contributed by atoms with E-state index in [1.807, 2.05) is 13.8 Å². The molecule has 5 nitrogen and oxygen atoms in total. The molecule has 0 aliphatic carbocycles. The molecule has 2 fully saturated rings. The van der Waals surface area contributed by atoms with E-state index >= 15 is 0 Å². The van der Waals surface area contributed by atoms with Crippen molar-refractivity contribution in [2.75, 3.05) is 13.1 Å². The molecule has 0 saturated carbocycles. The van der Waals surface area contributed by atoms with Gasteiger partial charge in [0, 0.05) is 31.8 Å². The van der Waals surface area contributed by atoms with E-state index in [1.165, 1.54) is 4.90 Å². The fourth-order valence-corrected chi connectivity index (χ4v) is 2.70. The van der Waals surface area contributed by atoms with Crippen LogP contribution in [0.15, 0.2) is 0 Å². The summed E-state index contributed by atoms with van der Waals surface area (Å²) in [6.45, 7) is 5.06. The number of nitrogens with zero attached hydrogens (tertiary/aromatic N) is 2. The third-order valence-corrected chi connectivity index (χ3v) is 3.96. The molecule has 2 rings (SSSR count). The summed E-state index contributed by atoms with van der Waals surface area (Å²) < 4.78 is 0. The third kappa shape index (κ3) is 2.13. The van der Waals surface area contributed by atoms with E-state index in [0.29, 0.717) is 25.9 Å². The largest absolute Gasteiger partial charge is 0.338 e. The summed E-state index contributed by atoms with van der Waals surface area (Å²) in [7, 11) is 0. The van der Waals surface area contributed by atoms with Crippen molar-refractivity contribution in [3.63, 3.8) is 0 Å². The lowest BCUT2D eigenvalue weighted by atomic mass is 9.98. The summed E-state index contributed by atoms with van der Waals surface area (Å²) in [6, 6.07) is -0.0780. The van der Waals surface area contributed by atoms with Gasteiger partial charge in [-0.1, -0.05) is 13.8 Å². The van der Waals surface area contributed by atoms with Crippen LogP contribution in [0.1, 0.15) is 39.5 Å². The van der Waals surface area contributed by atoms with Crippen LogP contribution in [0.5, 0.6) is 0 Å². The van der Waals surface area contributed by atoms with Crippen molar-refractivity contribution in [2.45, 2.75) is 45.6 Å². The molecular formula is C13H20N2O3. The number of hydrogen-bond donors (Lipinski definition) is 0. The zero-order valence-corrected chi connectivity index (χ0v) is 11.0. The molecule has 0 radical (unpaired) electrons. The zero-order valence-electron chi connectivity index (χ0n) is 11.0. The zero-order chi connectivity index (χ0) is 13.3. The summed E-state index contributed by atoms with van der Waals surface area (Å²) in [5.74, 6) is 0.0746. The van der Waals surface area contributed by atoms with Crippen molar-refractivity contribution in [3.8, 4) is 0 Å². The number of carbonyl (C=O) groups is 3. The maximum absolute atomic E-state index is 12.0. The second kappa shape index (κ2) is 5.08. The molecule has 2 aliphatic rings. The molecule has 0 aromatic carbocycles. The standard InChI is InChI=1S/C13H20N2O3/c1-3-9(4-2)13(18)14-7-10(8-14)15-11(16)5-6-12(15)17/h9-10H,3-8H2,1-2H3. The number of hydrogen-bond acceptors (Lipinski definition) is 3. The highest BCUT2D eigenvalue weighted by molar-refractivity contribution is 6.02. The normalized spacial score (nSPS) is 20.8. The lowest BCUT2D eigenvalue weighted by molar-refractivity contribution is -0.153. The Morgan fingerprint density at radius 2 is 1.67 bits per heavy atom. The molecule has 5 heteroatoms. The van der Waals surface area contributed by atoms with Crippen molar-refractivity contribution >= 4 is 17.7 Å². The van der Waals surface area contributed by atoms with Crippen LogP contribution < -0.4 is 0 Å². The topological polar surface area (TPSA) is 57.7 Å². The third-order valence-electron chi connectivity index (χ3n) is 3.96. The van der Waals surface area contributed by atoms with Crippen molar-refractivity contribution in [3.05, 3.63) is 0 Å². The molecule has 0 aromatic rings. The maximum atomic E-state index is 12.0. The van der Waals surface area contributed by atoms with Crippen molar-refractivity contribution < 1.29 is 14.4 Å². The molecule has 0 bridgehead atoms. The fourth-order valence-electron chi connectivity index (χ4n) is 2.70. The predicted molar refractivity (Wildman–Crippen MR) is 65.5 cm³/mol. The van der Waals surface area contributed by atoms with E-state index in [-0.39, 0.29) is 29.7 Å². The first kappa shape index (κ1) is 13.1. The van der Waals surface area contributed by atoms with Crippen molar-refractivity contribution in [1.29, 1.82) is 0 Å². The maximum Gasteiger partial charge on any atom is 0.230 e. The number of rotatable bonds is 4. The van der Waals surface area contributed by atoms with Crippen LogP contribution in [0.2, 0.25) is 0 Å². The highest BCUT2D eigenvalue weighted by Crippen LogP contribution is 2.24. The molecule has 2 aliphatic heterocycles. The molecule has 100 valence electrons. The molecule has 0 N–H and O–H groups in total. The molecule has 0 spiro atoms. The van der Waals surface area contributed by atoms with Gasteiger partial charge in [-0.25, -0.2) is 0 Å². The lowest BCUT2D eigenvalue weighted by Crippen LogP contribution is -2.63. The van der Waals surface area contributed by atoms with Crippen LogP contribution in [-0.4, -0.2) is 46.7 Å². The first-order valence-corrected chi connectivity index (χ1v) is 6.72. The van der Waals surface area contributed by atoms with Crippen molar-refractivity contribution in [1.82, 2.24) is 9.80 Å². The summed E-state index contributed by atoms with van der Waals surface area (Å²) in [6.07, 6.45) is 2.35. The number of likely N-dealkylation sites (tertiary alicyclic amines) is 2. The summed E-state index contributed by atoms with van der Waals surface area (Å²) in [5, 5.41) is 0. The average molecular weight is 252 g/mol. The SMILES string of the molecule is CCC(CC)C(=O)N1CC(N2C(=O)CCC2=O)C1. The molecule has 0 unspecified atom stereocenters. The first-order chi connectivity index (χ1) is 8.58. The molecular weight excluding hydrogens is 232 g/mol. The van der Waals surface area contributed by atoms with E-state index in [4.69, 9.17) is 0 Å². The van der Waals surface area contributed by atoms with Crippen molar-refractivity contribution in [2.24, 2.45) is 5.92 Å². The molecule has 0 aromatic heterocycles. The van der Waals surface area contributed by atoms with Crippen LogP contribution >= 0.6 is 0 Å². The quantitative estimate of drug-likeness (QED) is 0.695. The Bertz CT molecular complexity index is 354. The molecule has 2 saturated heterocycles. The van der Waals surface area contributed by atoms with Crippen LogP contribution in [0.4, 0.5) is 0 Å². The van der Waals surface area contributed by atoms with Gasteiger partial charge >= 0.3 is 0 Å². The Labute approximate surface area is 107 Å². The van der Waals surface area contributed by atoms with Crippen LogP contribution in [0.25, 0.3) is 0 Å². The summed E-state index contributed by atoms with van der Waals surface area (Å²) in [4.78, 5) is 38.3. The van der Waals surface area contributed by atoms with Crippen LogP contribution in [0, 0.1) is 5.92 Å². The fraction of sp³-hybridized carbons (Fsp3) is 0.769. The molecule has 2 heterocycles. The van der Waals surface area contributed by atoms with Gasteiger partial charge in [-0.05, 0) is 12.8 Å². The summed E-state index contributed by atoms with van der Waals surface area (Å²) in [5.41, 5.74) is 0. The Hall–Kier alpha value is -1.39. The van der Waals surface area contributed by atoms with Gasteiger partial charge in [-0.2, -0.15) is 0 Å². The van der Waals surface area contributed by atoms with E-state index in [9.17, 15) is 14.4 Å². The van der Waals surface area contributed by atoms with Gasteiger partial charge in [0.15, 0.2) is 0 Å². The number of amides is 3. The first-order valence-electron chi connectivity index (χ1n) is 6.72. The molecule has 0 atom stereocenters. The Morgan fingerprint density at radius 3 is 2.11 bits per heavy atom. The van der Waals surface area contributed by atoms with Gasteiger partial charge in [-0.15, -0.1) is 0 Å². The van der Waals surface area contributed by atoms with Crippen LogP contribution in [-0.2, 0) is 14.4 Å². The second-order valence-electron chi connectivity index (χ2n) is 5.07. The second-order valence-corrected chi connectivity index (χ2v) is 5.07. The minimum absolute atomic E-state index is 0.0780. The molecule has 3 amide bonds. The van der Waals surface area contributed by atoms with Gasteiger partial charge in [0.2, 0.25) is 17.7 Å². The average Bonchev–Trinajstić information content (AvgIpc) is 2.60. The monoisotopic (exact) mass is 252 g/mol. The number of imide groups is 1. The summed E-state index contributed by atoms with van der Waals surface area (Å²) >= 11 is 0. The lowest BCUT2D eigenvalue weighted by Gasteiger charge is -2.44. The van der Waals surface area contributed by atoms with E-state index < -0.39 is 0 Å². The van der Waals surface area contributed by atoms with Gasteiger partial charge in [-0.3, -0.25) is 19.3 Å². The van der Waals surface area contributed by atoms with Gasteiger partial charge in [0.25, 0.3) is 0 Å². The Kier molecular flexibility index (Phi) is 3.68. The number of carbonyl (C=O) groups excluding carboxylic acids is 3. The van der Waals surface area contributed by atoms with Gasteiger partial charge < -0.3 is 4.90 Å². The minimum atomic E-state index is -0.0837. The van der Waals surface area contributed by atoms with Gasteiger partial charge in [0.05, 0.1) is 6.04 Å². The smallest absolute Gasteiger partial charge is 0.230 e. The minimum Gasteiger partial charge on any atom is -0.338 e. The predicted octanol–water partition coefficient (Wildman–Crippen LogP) is 0.782.